The van der Waals surface area contributed by atoms with Crippen LogP contribution in [0.15, 0.2) is 29.1 Å². The number of hydrogen-bond acceptors (Lipinski definition) is 3. The molecule has 1 aromatic carbocycles. The number of amides is 1. The van der Waals surface area contributed by atoms with E-state index in [0.29, 0.717) is 30.3 Å². The minimum atomic E-state index is -0.381. The summed E-state index contributed by atoms with van der Waals surface area (Å²) in [6, 6.07) is 6.11. The molecule has 0 aliphatic heterocycles. The lowest BCUT2D eigenvalue weighted by molar-refractivity contribution is 0.0731. The maximum absolute atomic E-state index is 13.1. The molecule has 1 aromatic heterocycles. The molecule has 0 bridgehead atoms. The van der Waals surface area contributed by atoms with Crippen LogP contribution in [0, 0.1) is 25.6 Å². The Morgan fingerprint density at radius 3 is 2.52 bits per heavy atom. The van der Waals surface area contributed by atoms with Crippen LogP contribution in [0.5, 0.6) is 0 Å². The lowest BCUT2D eigenvalue weighted by Crippen LogP contribution is -2.39. The third kappa shape index (κ3) is 3.78. The molecule has 1 saturated carbocycles. The number of rotatable bonds is 5. The van der Waals surface area contributed by atoms with Crippen LogP contribution < -0.4 is 5.56 Å². The highest BCUT2D eigenvalue weighted by atomic mass is 19.1. The Balaban J connectivity index is 1.94. The number of aromatic nitrogens is 2. The zero-order chi connectivity index (χ0) is 18.1. The number of benzene rings is 1. The summed E-state index contributed by atoms with van der Waals surface area (Å²) in [5, 5.41) is 4.13. The van der Waals surface area contributed by atoms with Crippen LogP contribution in [0.2, 0.25) is 0 Å². The highest BCUT2D eigenvalue weighted by molar-refractivity contribution is 5.95. The predicted octanol–water partition coefficient (Wildman–Crippen LogP) is 2.59. The molecule has 6 heteroatoms. The molecular formula is C19H22FN3O2. The van der Waals surface area contributed by atoms with E-state index in [2.05, 4.69) is 5.10 Å². The SMILES string of the molecule is Cc1nn(C)c(=O)c(C(=O)N(Cc2ccc(F)cc2)CC2CC2)c1C. The lowest BCUT2D eigenvalue weighted by Gasteiger charge is -2.24. The van der Waals surface area contributed by atoms with Crippen molar-refractivity contribution in [2.45, 2.75) is 33.2 Å². The summed E-state index contributed by atoms with van der Waals surface area (Å²) in [7, 11) is 1.55. The average Bonchev–Trinajstić information content (AvgIpc) is 3.38. The first kappa shape index (κ1) is 17.3. The van der Waals surface area contributed by atoms with Crippen LogP contribution in [0.25, 0.3) is 0 Å². The highest BCUT2D eigenvalue weighted by Gasteiger charge is 2.30. The summed E-state index contributed by atoms with van der Waals surface area (Å²) in [5.41, 5.74) is 1.92. The first-order valence-electron chi connectivity index (χ1n) is 8.45. The number of carbonyl (C=O) groups excluding carboxylic acids is 1. The molecule has 1 fully saturated rings. The van der Waals surface area contributed by atoms with Crippen LogP contribution in [-0.2, 0) is 13.6 Å². The van der Waals surface area contributed by atoms with Crippen molar-refractivity contribution in [1.29, 1.82) is 0 Å². The summed E-state index contributed by atoms with van der Waals surface area (Å²) >= 11 is 0. The molecule has 25 heavy (non-hydrogen) atoms. The van der Waals surface area contributed by atoms with E-state index in [0.717, 1.165) is 18.4 Å². The number of hydrogen-bond donors (Lipinski definition) is 0. The Kier molecular flexibility index (Phi) is 4.70. The summed E-state index contributed by atoms with van der Waals surface area (Å²) in [5.74, 6) is -0.102. The van der Waals surface area contributed by atoms with E-state index in [4.69, 9.17) is 0 Å². The van der Waals surface area contributed by atoms with Crippen molar-refractivity contribution in [2.24, 2.45) is 13.0 Å². The van der Waals surface area contributed by atoms with E-state index in [1.165, 1.54) is 16.8 Å². The number of halogens is 1. The predicted molar refractivity (Wildman–Crippen MR) is 92.8 cm³/mol. The molecule has 3 rings (SSSR count). The van der Waals surface area contributed by atoms with Gasteiger partial charge in [-0.3, -0.25) is 9.59 Å². The first-order valence-corrected chi connectivity index (χ1v) is 8.45. The molecule has 1 aliphatic rings. The first-order chi connectivity index (χ1) is 11.9. The number of aryl methyl sites for hydroxylation is 2. The summed E-state index contributed by atoms with van der Waals surface area (Å²) in [6.45, 7) is 4.51. The third-order valence-corrected chi connectivity index (χ3v) is 4.69. The molecule has 1 amide bonds. The van der Waals surface area contributed by atoms with Crippen molar-refractivity contribution in [3.8, 4) is 0 Å². The second kappa shape index (κ2) is 6.78. The standard InChI is InChI=1S/C19H22FN3O2/c1-12-13(2)21-22(3)18(24)17(12)19(25)23(10-14-4-5-14)11-15-6-8-16(20)9-7-15/h6-9,14H,4-5,10-11H2,1-3H3. The smallest absolute Gasteiger partial charge is 0.279 e. The van der Waals surface area contributed by atoms with E-state index in [1.54, 1.807) is 37.9 Å². The monoisotopic (exact) mass is 343 g/mol. The molecule has 0 radical (unpaired) electrons. The van der Waals surface area contributed by atoms with Gasteiger partial charge in [0.25, 0.3) is 11.5 Å². The lowest BCUT2D eigenvalue weighted by atomic mass is 10.1. The maximum Gasteiger partial charge on any atom is 0.279 e. The van der Waals surface area contributed by atoms with Gasteiger partial charge in [0.15, 0.2) is 0 Å². The van der Waals surface area contributed by atoms with Gasteiger partial charge in [-0.25, -0.2) is 9.07 Å². The van der Waals surface area contributed by atoms with Gasteiger partial charge in [0.2, 0.25) is 0 Å². The van der Waals surface area contributed by atoms with Gasteiger partial charge in [-0.05, 0) is 55.9 Å². The van der Waals surface area contributed by atoms with Crippen LogP contribution in [0.1, 0.15) is 40.0 Å². The fraction of sp³-hybridized carbons (Fsp3) is 0.421. The Labute approximate surface area is 146 Å². The van der Waals surface area contributed by atoms with Crippen molar-refractivity contribution in [2.75, 3.05) is 6.54 Å². The van der Waals surface area contributed by atoms with Gasteiger partial charge in [0, 0.05) is 20.1 Å². The molecule has 5 nitrogen and oxygen atoms in total. The van der Waals surface area contributed by atoms with E-state index in [-0.39, 0.29) is 22.8 Å². The quantitative estimate of drug-likeness (QED) is 0.838. The van der Waals surface area contributed by atoms with E-state index in [9.17, 15) is 14.0 Å². The zero-order valence-electron chi connectivity index (χ0n) is 14.8. The molecule has 1 heterocycles. The minimum Gasteiger partial charge on any atom is -0.334 e. The van der Waals surface area contributed by atoms with Gasteiger partial charge >= 0.3 is 0 Å². The van der Waals surface area contributed by atoms with Crippen molar-refractivity contribution in [3.63, 3.8) is 0 Å². The second-order valence-corrected chi connectivity index (χ2v) is 6.77. The fourth-order valence-corrected chi connectivity index (χ4v) is 2.90. The largest absolute Gasteiger partial charge is 0.334 e. The molecule has 2 aromatic rings. The highest BCUT2D eigenvalue weighted by Crippen LogP contribution is 2.30. The zero-order valence-corrected chi connectivity index (χ0v) is 14.8. The van der Waals surface area contributed by atoms with Gasteiger partial charge in [0.1, 0.15) is 11.4 Å². The van der Waals surface area contributed by atoms with Gasteiger partial charge in [-0.2, -0.15) is 5.10 Å². The van der Waals surface area contributed by atoms with E-state index in [1.807, 2.05) is 0 Å². The summed E-state index contributed by atoms with van der Waals surface area (Å²) in [6.07, 6.45) is 2.19. The molecule has 1 aliphatic carbocycles. The normalized spacial score (nSPS) is 13.8. The van der Waals surface area contributed by atoms with Crippen LogP contribution in [0.4, 0.5) is 4.39 Å². The summed E-state index contributed by atoms with van der Waals surface area (Å²) in [4.78, 5) is 27.3. The van der Waals surface area contributed by atoms with Crippen LogP contribution in [-0.4, -0.2) is 27.1 Å². The minimum absolute atomic E-state index is 0.178. The number of carbonyl (C=O) groups is 1. The fourth-order valence-electron chi connectivity index (χ4n) is 2.90. The Morgan fingerprint density at radius 2 is 1.92 bits per heavy atom. The molecule has 132 valence electrons. The average molecular weight is 343 g/mol. The molecule has 0 atom stereocenters. The molecule has 0 unspecified atom stereocenters. The van der Waals surface area contributed by atoms with Gasteiger partial charge in [-0.1, -0.05) is 12.1 Å². The topological polar surface area (TPSA) is 55.2 Å². The van der Waals surface area contributed by atoms with Gasteiger partial charge < -0.3 is 4.90 Å². The molecule has 0 N–H and O–H groups in total. The summed E-state index contributed by atoms with van der Waals surface area (Å²) < 4.78 is 14.3. The Bertz CT molecular complexity index is 854. The van der Waals surface area contributed by atoms with E-state index < -0.39 is 0 Å². The van der Waals surface area contributed by atoms with Crippen LogP contribution >= 0.6 is 0 Å². The van der Waals surface area contributed by atoms with Crippen molar-refractivity contribution in [1.82, 2.24) is 14.7 Å². The van der Waals surface area contributed by atoms with Gasteiger partial charge in [0.05, 0.1) is 5.69 Å². The van der Waals surface area contributed by atoms with E-state index >= 15 is 0 Å². The van der Waals surface area contributed by atoms with Gasteiger partial charge in [-0.15, -0.1) is 0 Å². The second-order valence-electron chi connectivity index (χ2n) is 6.77. The Hall–Kier alpha value is -2.50. The van der Waals surface area contributed by atoms with Crippen molar-refractivity contribution in [3.05, 3.63) is 62.8 Å². The van der Waals surface area contributed by atoms with Crippen molar-refractivity contribution < 1.29 is 9.18 Å². The molecular weight excluding hydrogens is 321 g/mol. The molecule has 0 spiro atoms. The Morgan fingerprint density at radius 1 is 1.28 bits per heavy atom. The number of nitrogens with zero attached hydrogens (tertiary/aromatic N) is 3. The maximum atomic E-state index is 13.1. The van der Waals surface area contributed by atoms with Crippen LogP contribution in [0.3, 0.4) is 0 Å². The van der Waals surface area contributed by atoms with Crippen molar-refractivity contribution >= 4 is 5.91 Å². The molecule has 0 saturated heterocycles. The third-order valence-electron chi connectivity index (χ3n) is 4.69.